The predicted octanol–water partition coefficient (Wildman–Crippen LogP) is 2.20. The minimum atomic E-state index is -1.26. The van der Waals surface area contributed by atoms with Gasteiger partial charge in [-0.3, -0.25) is 0 Å². The lowest BCUT2D eigenvalue weighted by Gasteiger charge is -2.30. The maximum Gasteiger partial charge on any atom is 0.328 e. The molecule has 2 aromatic rings. The standard InChI is InChI=1S/C15H18N4S.C4H4O4/c1-2-4-12(5-3-1)14-16-17-15(20-14)19-11-10-18-8-6-13(19)7-9-18;5-3(6)1-2-4(7)8/h1-5,13H,6-11H2;1-2H,(H,5,6)(H,7,8)/b;2-1+. The summed E-state index contributed by atoms with van der Waals surface area (Å²) >= 11 is 1.72. The summed E-state index contributed by atoms with van der Waals surface area (Å²) in [5.74, 6) is -2.51. The second-order valence-corrected chi connectivity index (χ2v) is 7.49. The molecule has 0 aliphatic carbocycles. The minimum Gasteiger partial charge on any atom is -0.478 e. The Morgan fingerprint density at radius 2 is 1.61 bits per heavy atom. The number of piperidine rings is 1. The zero-order valence-corrected chi connectivity index (χ0v) is 16.1. The van der Waals surface area contributed by atoms with Gasteiger partial charge in [-0.1, -0.05) is 41.7 Å². The van der Waals surface area contributed by atoms with E-state index in [4.69, 9.17) is 10.2 Å². The Labute approximate surface area is 166 Å². The van der Waals surface area contributed by atoms with E-state index in [2.05, 4.69) is 44.3 Å². The number of benzene rings is 1. The zero-order chi connectivity index (χ0) is 19.9. The van der Waals surface area contributed by atoms with Crippen LogP contribution >= 0.6 is 11.3 Å². The van der Waals surface area contributed by atoms with E-state index in [0.717, 1.165) is 23.2 Å². The molecule has 1 aromatic carbocycles. The van der Waals surface area contributed by atoms with Gasteiger partial charge in [0.15, 0.2) is 0 Å². The zero-order valence-electron chi connectivity index (χ0n) is 15.3. The Morgan fingerprint density at radius 1 is 0.964 bits per heavy atom. The fourth-order valence-electron chi connectivity index (χ4n) is 3.31. The Bertz CT molecular complexity index is 815. The van der Waals surface area contributed by atoms with Gasteiger partial charge < -0.3 is 20.0 Å². The Balaban J connectivity index is 0.000000242. The fourth-order valence-corrected chi connectivity index (χ4v) is 4.26. The summed E-state index contributed by atoms with van der Waals surface area (Å²) < 4.78 is 0. The second-order valence-electron chi connectivity index (χ2n) is 6.53. The molecule has 28 heavy (non-hydrogen) atoms. The molecular formula is C19H22N4O4S. The highest BCUT2D eigenvalue weighted by atomic mass is 32.1. The van der Waals surface area contributed by atoms with Crippen LogP contribution in [0, 0.1) is 0 Å². The highest BCUT2D eigenvalue weighted by molar-refractivity contribution is 7.18. The van der Waals surface area contributed by atoms with Crippen LogP contribution in [0.3, 0.4) is 0 Å². The molecule has 0 unspecified atom stereocenters. The molecule has 4 heterocycles. The minimum absolute atomic E-state index is 0.558. The predicted molar refractivity (Wildman–Crippen MR) is 107 cm³/mol. The molecule has 0 radical (unpaired) electrons. The van der Waals surface area contributed by atoms with Crippen molar-refractivity contribution in [1.82, 2.24) is 15.1 Å². The molecule has 148 valence electrons. The number of aliphatic carboxylic acids is 2. The van der Waals surface area contributed by atoms with Gasteiger partial charge in [0.1, 0.15) is 5.01 Å². The molecule has 3 aliphatic heterocycles. The summed E-state index contributed by atoms with van der Waals surface area (Å²) in [6.07, 6.45) is 3.64. The molecule has 0 spiro atoms. The third-order valence-electron chi connectivity index (χ3n) is 4.70. The first kappa shape index (κ1) is 20.0. The van der Waals surface area contributed by atoms with Crippen molar-refractivity contribution < 1.29 is 19.8 Å². The first-order valence-electron chi connectivity index (χ1n) is 9.05. The molecule has 0 saturated carbocycles. The van der Waals surface area contributed by atoms with Crippen molar-refractivity contribution in [1.29, 1.82) is 0 Å². The quantitative estimate of drug-likeness (QED) is 0.750. The lowest BCUT2D eigenvalue weighted by Crippen LogP contribution is -2.37. The smallest absolute Gasteiger partial charge is 0.328 e. The number of carboxylic acid groups (broad SMARTS) is 2. The summed E-state index contributed by atoms with van der Waals surface area (Å²) in [6.45, 7) is 4.74. The van der Waals surface area contributed by atoms with Gasteiger partial charge in [0.25, 0.3) is 0 Å². The number of aromatic nitrogens is 2. The van der Waals surface area contributed by atoms with Crippen LogP contribution in [0.15, 0.2) is 42.5 Å². The van der Waals surface area contributed by atoms with Crippen LogP contribution < -0.4 is 4.90 Å². The molecular weight excluding hydrogens is 380 g/mol. The van der Waals surface area contributed by atoms with Gasteiger partial charge >= 0.3 is 11.9 Å². The SMILES string of the molecule is O=C(O)/C=C/C(=O)O.c1ccc(-c2nnc(N3CCN4CCC3CC4)s2)cc1. The highest BCUT2D eigenvalue weighted by Crippen LogP contribution is 2.32. The molecule has 0 atom stereocenters. The van der Waals surface area contributed by atoms with Crippen LogP contribution in [0.2, 0.25) is 0 Å². The van der Waals surface area contributed by atoms with E-state index in [1.54, 1.807) is 11.3 Å². The summed E-state index contributed by atoms with van der Waals surface area (Å²) in [5, 5.41) is 26.6. The third-order valence-corrected chi connectivity index (χ3v) is 5.71. The number of nitrogens with zero attached hydrogens (tertiary/aromatic N) is 4. The molecule has 8 nitrogen and oxygen atoms in total. The fraction of sp³-hybridized carbons (Fsp3) is 0.368. The maximum atomic E-state index is 9.55. The molecule has 0 amide bonds. The maximum absolute atomic E-state index is 9.55. The molecule has 3 saturated heterocycles. The van der Waals surface area contributed by atoms with Gasteiger partial charge in [-0.15, -0.1) is 10.2 Å². The van der Waals surface area contributed by atoms with Crippen LogP contribution in [-0.4, -0.2) is 69.5 Å². The number of rotatable bonds is 4. The van der Waals surface area contributed by atoms with E-state index in [0.29, 0.717) is 18.2 Å². The average Bonchev–Trinajstić information content (AvgIpc) is 3.00. The lowest BCUT2D eigenvalue weighted by atomic mass is 10.1. The number of fused-ring (bicyclic) bond motifs is 4. The van der Waals surface area contributed by atoms with Gasteiger partial charge in [0.2, 0.25) is 5.13 Å². The van der Waals surface area contributed by atoms with Crippen LogP contribution in [0.5, 0.6) is 0 Å². The molecule has 1 aromatic heterocycles. The number of hydrogen-bond acceptors (Lipinski definition) is 7. The monoisotopic (exact) mass is 402 g/mol. The summed E-state index contributed by atoms with van der Waals surface area (Å²) in [7, 11) is 0. The van der Waals surface area contributed by atoms with Gasteiger partial charge in [-0.05, 0) is 12.8 Å². The van der Waals surface area contributed by atoms with Crippen molar-refractivity contribution >= 4 is 28.4 Å². The van der Waals surface area contributed by atoms with Crippen LogP contribution in [-0.2, 0) is 9.59 Å². The van der Waals surface area contributed by atoms with Gasteiger partial charge in [-0.25, -0.2) is 9.59 Å². The van der Waals surface area contributed by atoms with Gasteiger partial charge in [-0.2, -0.15) is 0 Å². The number of hydrogen-bond donors (Lipinski definition) is 2. The van der Waals surface area contributed by atoms with Crippen LogP contribution in [0.25, 0.3) is 10.6 Å². The largest absolute Gasteiger partial charge is 0.478 e. The third kappa shape index (κ3) is 5.37. The lowest BCUT2D eigenvalue weighted by molar-refractivity contribution is -0.134. The van der Waals surface area contributed by atoms with Gasteiger partial charge in [0.05, 0.1) is 0 Å². The van der Waals surface area contributed by atoms with Crippen molar-refractivity contribution in [3.05, 3.63) is 42.5 Å². The highest BCUT2D eigenvalue weighted by Gasteiger charge is 2.30. The Morgan fingerprint density at radius 3 is 2.21 bits per heavy atom. The molecule has 5 rings (SSSR count). The molecule has 2 N–H and O–H groups in total. The van der Waals surface area contributed by atoms with E-state index < -0.39 is 11.9 Å². The van der Waals surface area contributed by atoms with Crippen molar-refractivity contribution in [3.8, 4) is 10.6 Å². The number of carboxylic acids is 2. The van der Waals surface area contributed by atoms with Crippen molar-refractivity contribution in [3.63, 3.8) is 0 Å². The van der Waals surface area contributed by atoms with E-state index in [-0.39, 0.29) is 0 Å². The summed E-state index contributed by atoms with van der Waals surface area (Å²) in [5.41, 5.74) is 1.17. The molecule has 3 fully saturated rings. The molecule has 3 aliphatic rings. The number of anilines is 1. The van der Waals surface area contributed by atoms with E-state index in [1.807, 2.05) is 6.07 Å². The first-order valence-corrected chi connectivity index (χ1v) is 9.86. The van der Waals surface area contributed by atoms with Gasteiger partial charge in [0, 0.05) is 49.9 Å². The summed E-state index contributed by atoms with van der Waals surface area (Å²) in [4.78, 5) is 24.2. The second kappa shape index (κ2) is 9.43. The van der Waals surface area contributed by atoms with Crippen molar-refractivity contribution in [2.45, 2.75) is 18.9 Å². The topological polar surface area (TPSA) is 107 Å². The van der Waals surface area contributed by atoms with Crippen molar-refractivity contribution in [2.75, 3.05) is 31.1 Å². The summed E-state index contributed by atoms with van der Waals surface area (Å²) in [6, 6.07) is 11.0. The first-order chi connectivity index (χ1) is 13.5. The van der Waals surface area contributed by atoms with E-state index in [1.165, 1.54) is 31.5 Å². The van der Waals surface area contributed by atoms with Crippen molar-refractivity contribution in [2.24, 2.45) is 0 Å². The molecule has 2 bridgehead atoms. The Kier molecular flexibility index (Phi) is 6.72. The van der Waals surface area contributed by atoms with Crippen LogP contribution in [0.4, 0.5) is 5.13 Å². The molecule has 9 heteroatoms. The normalized spacial score (nSPS) is 21.1. The average molecular weight is 402 g/mol. The Hall–Kier alpha value is -2.78. The van der Waals surface area contributed by atoms with E-state index >= 15 is 0 Å². The number of carbonyl (C=O) groups is 2. The van der Waals surface area contributed by atoms with Crippen LogP contribution in [0.1, 0.15) is 12.8 Å². The van der Waals surface area contributed by atoms with E-state index in [9.17, 15) is 9.59 Å².